The number of fused-ring (bicyclic) bond motifs is 1. The number of aryl methyl sites for hydroxylation is 2. The minimum Gasteiger partial charge on any atom is -0.449 e. The molecule has 1 aliphatic rings. The van der Waals surface area contributed by atoms with Crippen molar-refractivity contribution < 1.29 is 19.1 Å². The highest BCUT2D eigenvalue weighted by atomic mass is 16.5. The Morgan fingerprint density at radius 3 is 2.35 bits per heavy atom. The molecule has 26 heavy (non-hydrogen) atoms. The van der Waals surface area contributed by atoms with Crippen molar-refractivity contribution in [3.63, 3.8) is 0 Å². The van der Waals surface area contributed by atoms with Crippen LogP contribution < -0.4 is 11.1 Å². The highest BCUT2D eigenvalue weighted by Gasteiger charge is 2.20. The van der Waals surface area contributed by atoms with E-state index in [1.807, 2.05) is 12.1 Å². The van der Waals surface area contributed by atoms with Gasteiger partial charge in [0.1, 0.15) is 0 Å². The SMILES string of the molecule is CC(OC(=O)c1ccc2c(c1)CCC2)C(=O)Nc1ccc(C(N)=O)cc1. The summed E-state index contributed by atoms with van der Waals surface area (Å²) in [6.45, 7) is 1.51. The molecule has 0 saturated heterocycles. The number of amides is 2. The number of esters is 1. The van der Waals surface area contributed by atoms with Crippen LogP contribution in [0.5, 0.6) is 0 Å². The average molecular weight is 352 g/mol. The van der Waals surface area contributed by atoms with E-state index in [9.17, 15) is 14.4 Å². The summed E-state index contributed by atoms with van der Waals surface area (Å²) in [5.74, 6) is -1.52. The Labute approximate surface area is 151 Å². The van der Waals surface area contributed by atoms with Crippen molar-refractivity contribution in [2.24, 2.45) is 5.73 Å². The van der Waals surface area contributed by atoms with Crippen LogP contribution in [0, 0.1) is 0 Å². The third kappa shape index (κ3) is 3.91. The minimum atomic E-state index is -0.952. The van der Waals surface area contributed by atoms with Crippen molar-refractivity contribution in [2.45, 2.75) is 32.3 Å². The number of hydrogen-bond donors (Lipinski definition) is 2. The fraction of sp³-hybridized carbons (Fsp3) is 0.250. The van der Waals surface area contributed by atoms with Gasteiger partial charge >= 0.3 is 5.97 Å². The Bertz CT molecular complexity index is 859. The molecule has 3 N–H and O–H groups in total. The van der Waals surface area contributed by atoms with E-state index < -0.39 is 23.9 Å². The molecule has 0 fully saturated rings. The average Bonchev–Trinajstić information content (AvgIpc) is 3.09. The van der Waals surface area contributed by atoms with Crippen molar-refractivity contribution in [1.82, 2.24) is 0 Å². The highest BCUT2D eigenvalue weighted by Crippen LogP contribution is 2.23. The van der Waals surface area contributed by atoms with Gasteiger partial charge in [0.15, 0.2) is 6.10 Å². The van der Waals surface area contributed by atoms with E-state index in [1.54, 1.807) is 18.2 Å². The Hall–Kier alpha value is -3.15. The van der Waals surface area contributed by atoms with Crippen LogP contribution in [0.2, 0.25) is 0 Å². The van der Waals surface area contributed by atoms with Crippen LogP contribution in [-0.2, 0) is 22.4 Å². The maximum absolute atomic E-state index is 12.3. The van der Waals surface area contributed by atoms with Gasteiger partial charge in [0.2, 0.25) is 5.91 Å². The van der Waals surface area contributed by atoms with E-state index in [-0.39, 0.29) is 0 Å². The Morgan fingerprint density at radius 2 is 1.65 bits per heavy atom. The normalized spacial score (nSPS) is 13.6. The molecule has 6 nitrogen and oxygen atoms in total. The Balaban J connectivity index is 1.60. The zero-order chi connectivity index (χ0) is 18.7. The maximum atomic E-state index is 12.3. The molecule has 2 aromatic rings. The van der Waals surface area contributed by atoms with Crippen LogP contribution in [-0.4, -0.2) is 23.9 Å². The monoisotopic (exact) mass is 352 g/mol. The first-order valence-corrected chi connectivity index (χ1v) is 8.47. The van der Waals surface area contributed by atoms with Crippen molar-refractivity contribution in [1.29, 1.82) is 0 Å². The standard InChI is InChI=1S/C20H20N2O4/c1-12(19(24)22-17-9-7-14(8-10-17)18(21)23)26-20(25)16-6-5-13-3-2-4-15(13)11-16/h5-12H,2-4H2,1H3,(H2,21,23)(H,22,24). The first kappa shape index (κ1) is 17.7. The fourth-order valence-corrected chi connectivity index (χ4v) is 2.94. The predicted octanol–water partition coefficient (Wildman–Crippen LogP) is 2.46. The van der Waals surface area contributed by atoms with Gasteiger partial charge in [0, 0.05) is 11.3 Å². The summed E-state index contributed by atoms with van der Waals surface area (Å²) in [6, 6.07) is 11.7. The quantitative estimate of drug-likeness (QED) is 0.808. The van der Waals surface area contributed by atoms with E-state index in [4.69, 9.17) is 10.5 Å². The molecular weight excluding hydrogens is 332 g/mol. The van der Waals surface area contributed by atoms with Crippen molar-refractivity contribution >= 4 is 23.5 Å². The van der Waals surface area contributed by atoms with Gasteiger partial charge in [-0.3, -0.25) is 9.59 Å². The molecule has 134 valence electrons. The second kappa shape index (κ2) is 7.39. The topological polar surface area (TPSA) is 98.5 Å². The molecule has 3 rings (SSSR count). The lowest BCUT2D eigenvalue weighted by atomic mass is 10.1. The maximum Gasteiger partial charge on any atom is 0.338 e. The van der Waals surface area contributed by atoms with Gasteiger partial charge in [-0.2, -0.15) is 0 Å². The fourth-order valence-electron chi connectivity index (χ4n) is 2.94. The number of benzene rings is 2. The second-order valence-corrected chi connectivity index (χ2v) is 6.32. The predicted molar refractivity (Wildman–Crippen MR) is 96.9 cm³/mol. The number of primary amides is 1. The molecular formula is C20H20N2O4. The largest absolute Gasteiger partial charge is 0.449 e. The first-order valence-electron chi connectivity index (χ1n) is 8.47. The molecule has 0 aromatic heterocycles. The Kier molecular flexibility index (Phi) is 5.02. The number of carbonyl (C=O) groups is 3. The molecule has 2 amide bonds. The number of ether oxygens (including phenoxy) is 1. The van der Waals surface area contributed by atoms with Crippen molar-refractivity contribution in [2.75, 3.05) is 5.32 Å². The number of anilines is 1. The van der Waals surface area contributed by atoms with E-state index >= 15 is 0 Å². The summed E-state index contributed by atoms with van der Waals surface area (Å²) in [5.41, 5.74) is 8.90. The first-order chi connectivity index (χ1) is 12.4. The summed E-state index contributed by atoms with van der Waals surface area (Å²) < 4.78 is 5.27. The zero-order valence-electron chi connectivity index (χ0n) is 14.5. The van der Waals surface area contributed by atoms with Crippen LogP contribution in [0.25, 0.3) is 0 Å². The smallest absolute Gasteiger partial charge is 0.338 e. The van der Waals surface area contributed by atoms with Gasteiger partial charge in [-0.15, -0.1) is 0 Å². The van der Waals surface area contributed by atoms with Gasteiger partial charge < -0.3 is 15.8 Å². The lowest BCUT2D eigenvalue weighted by Gasteiger charge is -2.14. The van der Waals surface area contributed by atoms with E-state index in [1.165, 1.54) is 30.2 Å². The number of nitrogens with two attached hydrogens (primary N) is 1. The summed E-state index contributed by atoms with van der Waals surface area (Å²) in [4.78, 5) is 35.5. The molecule has 1 atom stereocenters. The van der Waals surface area contributed by atoms with Crippen LogP contribution in [0.15, 0.2) is 42.5 Å². The molecule has 1 aliphatic carbocycles. The van der Waals surface area contributed by atoms with Gasteiger partial charge in [-0.05, 0) is 73.7 Å². The molecule has 0 saturated carbocycles. The van der Waals surface area contributed by atoms with Crippen LogP contribution in [0.4, 0.5) is 5.69 Å². The van der Waals surface area contributed by atoms with E-state index in [0.29, 0.717) is 16.8 Å². The van der Waals surface area contributed by atoms with Crippen LogP contribution in [0.3, 0.4) is 0 Å². The molecule has 6 heteroatoms. The van der Waals surface area contributed by atoms with Gasteiger partial charge in [0.25, 0.3) is 5.91 Å². The number of hydrogen-bond acceptors (Lipinski definition) is 4. The minimum absolute atomic E-state index is 0.346. The highest BCUT2D eigenvalue weighted by molar-refractivity contribution is 5.98. The summed E-state index contributed by atoms with van der Waals surface area (Å²) in [6.07, 6.45) is 2.15. The number of nitrogens with one attached hydrogen (secondary N) is 1. The van der Waals surface area contributed by atoms with E-state index in [2.05, 4.69) is 5.32 Å². The van der Waals surface area contributed by atoms with Crippen molar-refractivity contribution in [3.8, 4) is 0 Å². The van der Waals surface area contributed by atoms with Crippen LogP contribution in [0.1, 0.15) is 45.2 Å². The van der Waals surface area contributed by atoms with Gasteiger partial charge in [0.05, 0.1) is 5.56 Å². The molecule has 0 aliphatic heterocycles. The molecule has 0 spiro atoms. The molecule has 2 aromatic carbocycles. The lowest BCUT2D eigenvalue weighted by Crippen LogP contribution is -2.30. The second-order valence-electron chi connectivity index (χ2n) is 6.32. The summed E-state index contributed by atoms with van der Waals surface area (Å²) in [7, 11) is 0. The summed E-state index contributed by atoms with van der Waals surface area (Å²) >= 11 is 0. The molecule has 1 unspecified atom stereocenters. The molecule has 0 radical (unpaired) electrons. The van der Waals surface area contributed by atoms with Gasteiger partial charge in [-0.1, -0.05) is 6.07 Å². The summed E-state index contributed by atoms with van der Waals surface area (Å²) in [5, 5.41) is 2.64. The number of carbonyl (C=O) groups excluding carboxylic acids is 3. The molecule has 0 bridgehead atoms. The molecule has 0 heterocycles. The van der Waals surface area contributed by atoms with E-state index in [0.717, 1.165) is 19.3 Å². The lowest BCUT2D eigenvalue weighted by molar-refractivity contribution is -0.123. The van der Waals surface area contributed by atoms with Crippen molar-refractivity contribution in [3.05, 3.63) is 64.7 Å². The third-order valence-corrected chi connectivity index (χ3v) is 4.42. The Morgan fingerprint density at radius 1 is 1.00 bits per heavy atom. The van der Waals surface area contributed by atoms with Gasteiger partial charge in [-0.25, -0.2) is 4.79 Å². The third-order valence-electron chi connectivity index (χ3n) is 4.42. The zero-order valence-corrected chi connectivity index (χ0v) is 14.5. The van der Waals surface area contributed by atoms with Crippen LogP contribution >= 0.6 is 0 Å². The number of rotatable bonds is 5.